The summed E-state index contributed by atoms with van der Waals surface area (Å²) in [7, 11) is 0. The quantitative estimate of drug-likeness (QED) is 0.815. The highest BCUT2D eigenvalue weighted by atomic mass is 16.5. The second-order valence-corrected chi connectivity index (χ2v) is 3.50. The van der Waals surface area contributed by atoms with Gasteiger partial charge >= 0.3 is 0 Å². The molecule has 3 N–H and O–H groups in total. The van der Waals surface area contributed by atoms with Crippen molar-refractivity contribution in [2.24, 2.45) is 0 Å². The number of aryl methyl sites for hydroxylation is 2. The molecule has 6 nitrogen and oxygen atoms in total. The van der Waals surface area contributed by atoms with Gasteiger partial charge in [-0.2, -0.15) is 5.10 Å². The summed E-state index contributed by atoms with van der Waals surface area (Å²) in [6.45, 7) is 5.23. The molecule has 6 heteroatoms. The maximum absolute atomic E-state index is 5.93. The Morgan fingerprint density at radius 1 is 1.56 bits per heavy atom. The molecule has 0 aromatic carbocycles. The molecule has 0 saturated carbocycles. The fourth-order valence-electron chi connectivity index (χ4n) is 1.51. The molecule has 2 heterocycles. The maximum atomic E-state index is 5.93. The first-order chi connectivity index (χ1) is 7.72. The molecule has 0 aliphatic heterocycles. The Kier molecular flexibility index (Phi) is 2.80. The first-order valence-corrected chi connectivity index (χ1v) is 5.18. The smallest absolute Gasteiger partial charge is 0.155 e. The van der Waals surface area contributed by atoms with E-state index >= 15 is 0 Å². The van der Waals surface area contributed by atoms with Crippen molar-refractivity contribution in [2.75, 3.05) is 11.1 Å². The molecular weight excluding hydrogens is 206 g/mol. The van der Waals surface area contributed by atoms with E-state index in [-0.39, 0.29) is 0 Å². The van der Waals surface area contributed by atoms with Crippen molar-refractivity contribution in [3.8, 4) is 0 Å². The van der Waals surface area contributed by atoms with Crippen molar-refractivity contribution in [3.63, 3.8) is 0 Å². The zero-order valence-electron chi connectivity index (χ0n) is 9.40. The number of nitrogens with zero attached hydrogens (tertiary/aromatic N) is 3. The molecule has 0 saturated heterocycles. The molecule has 0 aliphatic rings. The van der Waals surface area contributed by atoms with Gasteiger partial charge in [0.15, 0.2) is 5.76 Å². The van der Waals surface area contributed by atoms with E-state index in [1.54, 1.807) is 6.20 Å². The van der Waals surface area contributed by atoms with E-state index in [1.165, 1.54) is 0 Å². The van der Waals surface area contributed by atoms with Crippen LogP contribution in [-0.4, -0.2) is 14.9 Å². The SMILES string of the molecule is CCn1nc(C)c(N)c1NCc1ccno1. The summed E-state index contributed by atoms with van der Waals surface area (Å²) in [5.74, 6) is 1.59. The van der Waals surface area contributed by atoms with Gasteiger partial charge in [0.1, 0.15) is 5.82 Å². The third-order valence-corrected chi connectivity index (χ3v) is 2.39. The Morgan fingerprint density at radius 2 is 2.38 bits per heavy atom. The summed E-state index contributed by atoms with van der Waals surface area (Å²) < 4.78 is 6.83. The summed E-state index contributed by atoms with van der Waals surface area (Å²) in [6, 6.07) is 1.81. The van der Waals surface area contributed by atoms with Gasteiger partial charge in [-0.25, -0.2) is 4.68 Å². The Bertz CT molecular complexity index is 460. The predicted octanol–water partition coefficient (Wildman–Crippen LogP) is 1.39. The summed E-state index contributed by atoms with van der Waals surface area (Å²) in [5, 5.41) is 11.1. The monoisotopic (exact) mass is 221 g/mol. The molecule has 2 aromatic heterocycles. The van der Waals surface area contributed by atoms with E-state index in [9.17, 15) is 0 Å². The number of hydrogen-bond donors (Lipinski definition) is 2. The largest absolute Gasteiger partial charge is 0.394 e. The molecule has 86 valence electrons. The third-order valence-electron chi connectivity index (χ3n) is 2.39. The van der Waals surface area contributed by atoms with Gasteiger partial charge in [-0.15, -0.1) is 0 Å². The van der Waals surface area contributed by atoms with E-state index in [1.807, 2.05) is 24.6 Å². The highest BCUT2D eigenvalue weighted by Crippen LogP contribution is 2.22. The first kappa shape index (κ1) is 10.5. The molecule has 2 rings (SSSR count). The lowest BCUT2D eigenvalue weighted by Crippen LogP contribution is -2.07. The van der Waals surface area contributed by atoms with E-state index in [0.717, 1.165) is 23.8 Å². The molecule has 0 atom stereocenters. The number of nitrogen functional groups attached to an aromatic ring is 1. The van der Waals surface area contributed by atoms with Gasteiger partial charge in [0, 0.05) is 12.6 Å². The fourth-order valence-corrected chi connectivity index (χ4v) is 1.51. The number of anilines is 2. The number of nitrogens with one attached hydrogen (secondary N) is 1. The van der Waals surface area contributed by atoms with Gasteiger partial charge in [0.2, 0.25) is 0 Å². The Morgan fingerprint density at radius 3 is 3.00 bits per heavy atom. The van der Waals surface area contributed by atoms with Crippen LogP contribution in [0.1, 0.15) is 18.4 Å². The van der Waals surface area contributed by atoms with Crippen LogP contribution in [0.2, 0.25) is 0 Å². The van der Waals surface area contributed by atoms with Crippen molar-refractivity contribution < 1.29 is 4.52 Å². The Labute approximate surface area is 93.4 Å². The number of hydrogen-bond acceptors (Lipinski definition) is 5. The highest BCUT2D eigenvalue weighted by Gasteiger charge is 2.11. The fraction of sp³-hybridized carbons (Fsp3) is 0.400. The van der Waals surface area contributed by atoms with Crippen LogP contribution >= 0.6 is 0 Å². The second-order valence-electron chi connectivity index (χ2n) is 3.50. The third kappa shape index (κ3) is 1.86. The summed E-state index contributed by atoms with van der Waals surface area (Å²) >= 11 is 0. The van der Waals surface area contributed by atoms with Crippen LogP contribution in [0.5, 0.6) is 0 Å². The minimum atomic E-state index is 0.551. The van der Waals surface area contributed by atoms with Crippen molar-refractivity contribution in [3.05, 3.63) is 23.7 Å². The van der Waals surface area contributed by atoms with Gasteiger partial charge < -0.3 is 15.6 Å². The summed E-state index contributed by atoms with van der Waals surface area (Å²) in [5.41, 5.74) is 7.44. The normalized spacial score (nSPS) is 10.6. The van der Waals surface area contributed by atoms with E-state index in [2.05, 4.69) is 15.6 Å². The standard InChI is InChI=1S/C10H15N5O/c1-3-15-10(9(11)7(2)14-15)12-6-8-4-5-13-16-8/h4-5,12H,3,6,11H2,1-2H3. The van der Waals surface area contributed by atoms with E-state index in [4.69, 9.17) is 10.3 Å². The van der Waals surface area contributed by atoms with Crippen molar-refractivity contribution in [1.82, 2.24) is 14.9 Å². The lowest BCUT2D eigenvalue weighted by molar-refractivity contribution is 0.387. The number of aromatic nitrogens is 3. The molecular formula is C10H15N5O. The van der Waals surface area contributed by atoms with Gasteiger partial charge in [-0.3, -0.25) is 0 Å². The highest BCUT2D eigenvalue weighted by molar-refractivity contribution is 5.64. The van der Waals surface area contributed by atoms with Crippen LogP contribution in [-0.2, 0) is 13.1 Å². The maximum Gasteiger partial charge on any atom is 0.155 e. The van der Waals surface area contributed by atoms with Crippen LogP contribution in [0.4, 0.5) is 11.5 Å². The number of rotatable bonds is 4. The molecule has 0 bridgehead atoms. The minimum Gasteiger partial charge on any atom is -0.394 e. The summed E-state index contributed by atoms with van der Waals surface area (Å²) in [6.07, 6.45) is 1.61. The van der Waals surface area contributed by atoms with Crippen LogP contribution in [0, 0.1) is 6.92 Å². The molecule has 0 fully saturated rings. The molecule has 0 aliphatic carbocycles. The summed E-state index contributed by atoms with van der Waals surface area (Å²) in [4.78, 5) is 0. The Balaban J connectivity index is 2.14. The van der Waals surface area contributed by atoms with Crippen LogP contribution < -0.4 is 11.1 Å². The van der Waals surface area contributed by atoms with Crippen LogP contribution in [0.15, 0.2) is 16.8 Å². The minimum absolute atomic E-state index is 0.551. The van der Waals surface area contributed by atoms with Crippen molar-refractivity contribution in [2.45, 2.75) is 26.9 Å². The zero-order chi connectivity index (χ0) is 11.5. The van der Waals surface area contributed by atoms with Crippen molar-refractivity contribution >= 4 is 11.5 Å². The van der Waals surface area contributed by atoms with Gasteiger partial charge in [-0.05, 0) is 13.8 Å². The molecule has 0 amide bonds. The number of nitrogens with two attached hydrogens (primary N) is 1. The molecule has 2 aromatic rings. The zero-order valence-corrected chi connectivity index (χ0v) is 9.40. The lowest BCUT2D eigenvalue weighted by atomic mass is 10.3. The van der Waals surface area contributed by atoms with Crippen molar-refractivity contribution in [1.29, 1.82) is 0 Å². The molecule has 0 spiro atoms. The Hall–Kier alpha value is -1.98. The van der Waals surface area contributed by atoms with Crippen LogP contribution in [0.25, 0.3) is 0 Å². The van der Waals surface area contributed by atoms with Crippen LogP contribution in [0.3, 0.4) is 0 Å². The predicted molar refractivity (Wildman–Crippen MR) is 60.9 cm³/mol. The second kappa shape index (κ2) is 4.26. The molecule has 0 unspecified atom stereocenters. The average Bonchev–Trinajstić information content (AvgIpc) is 2.87. The van der Waals surface area contributed by atoms with E-state index in [0.29, 0.717) is 12.2 Å². The van der Waals surface area contributed by atoms with Gasteiger partial charge in [0.25, 0.3) is 0 Å². The van der Waals surface area contributed by atoms with Gasteiger partial charge in [-0.1, -0.05) is 5.16 Å². The van der Waals surface area contributed by atoms with E-state index < -0.39 is 0 Å². The first-order valence-electron chi connectivity index (χ1n) is 5.18. The average molecular weight is 221 g/mol. The molecule has 16 heavy (non-hydrogen) atoms. The molecule has 0 radical (unpaired) electrons. The topological polar surface area (TPSA) is 81.9 Å². The lowest BCUT2D eigenvalue weighted by Gasteiger charge is -2.07. The van der Waals surface area contributed by atoms with Gasteiger partial charge in [0.05, 0.1) is 24.1 Å².